The number of carboxylic acids is 1. The molecule has 0 aliphatic heterocycles. The van der Waals surface area contributed by atoms with Crippen molar-refractivity contribution in [1.82, 2.24) is 4.98 Å². The average molecular weight is 284 g/mol. The van der Waals surface area contributed by atoms with E-state index in [1.165, 1.54) is 7.11 Å². The molecule has 0 radical (unpaired) electrons. The highest BCUT2D eigenvalue weighted by Crippen LogP contribution is 2.36. The highest BCUT2D eigenvalue weighted by atomic mass is 79.9. The summed E-state index contributed by atoms with van der Waals surface area (Å²) < 4.78 is 5.97. The van der Waals surface area contributed by atoms with E-state index in [4.69, 9.17) is 4.74 Å². The van der Waals surface area contributed by atoms with Crippen molar-refractivity contribution < 1.29 is 14.6 Å². The number of aromatic nitrogens is 1. The first-order valence-electron chi connectivity index (χ1n) is 4.64. The van der Waals surface area contributed by atoms with Crippen molar-refractivity contribution in [2.45, 2.75) is 6.92 Å². The standard InChI is InChI=1S/C11H10BrNO3/c1-5-8(11(14)15)9-7(13-5)4-3-6(12)10(9)16-2/h3-4,13H,1-2H3,(H,14,15). The van der Waals surface area contributed by atoms with E-state index in [1.54, 1.807) is 6.92 Å². The molecule has 4 nitrogen and oxygen atoms in total. The number of H-pyrrole nitrogens is 1. The predicted molar refractivity (Wildman–Crippen MR) is 64.2 cm³/mol. The fraction of sp³-hybridized carbons (Fsp3) is 0.182. The Morgan fingerprint density at radius 3 is 2.75 bits per heavy atom. The van der Waals surface area contributed by atoms with E-state index in [0.717, 1.165) is 9.99 Å². The number of ether oxygens (including phenoxy) is 1. The maximum absolute atomic E-state index is 11.2. The lowest BCUT2D eigenvalue weighted by Gasteiger charge is -2.05. The van der Waals surface area contributed by atoms with Gasteiger partial charge in [0.15, 0.2) is 0 Å². The number of halogens is 1. The number of fused-ring (bicyclic) bond motifs is 1. The molecule has 1 aromatic heterocycles. The minimum Gasteiger partial charge on any atom is -0.495 e. The minimum atomic E-state index is -0.958. The van der Waals surface area contributed by atoms with Crippen molar-refractivity contribution in [2.24, 2.45) is 0 Å². The summed E-state index contributed by atoms with van der Waals surface area (Å²) in [7, 11) is 1.52. The van der Waals surface area contributed by atoms with Crippen LogP contribution in [0.3, 0.4) is 0 Å². The molecule has 2 rings (SSSR count). The van der Waals surface area contributed by atoms with Crippen molar-refractivity contribution in [3.63, 3.8) is 0 Å². The van der Waals surface area contributed by atoms with Gasteiger partial charge < -0.3 is 14.8 Å². The molecule has 0 amide bonds. The highest BCUT2D eigenvalue weighted by molar-refractivity contribution is 9.10. The number of hydrogen-bond donors (Lipinski definition) is 2. The van der Waals surface area contributed by atoms with Gasteiger partial charge in [-0.25, -0.2) is 4.79 Å². The van der Waals surface area contributed by atoms with E-state index < -0.39 is 5.97 Å². The Bertz CT molecular complexity index is 574. The van der Waals surface area contributed by atoms with Crippen LogP contribution in [-0.4, -0.2) is 23.2 Å². The number of rotatable bonds is 2. The predicted octanol–water partition coefficient (Wildman–Crippen LogP) is 2.95. The summed E-state index contributed by atoms with van der Waals surface area (Å²) in [5.74, 6) is -0.417. The van der Waals surface area contributed by atoms with E-state index in [9.17, 15) is 9.90 Å². The van der Waals surface area contributed by atoms with Crippen LogP contribution in [-0.2, 0) is 0 Å². The van der Waals surface area contributed by atoms with Crippen molar-refractivity contribution in [3.8, 4) is 5.75 Å². The third-order valence-corrected chi connectivity index (χ3v) is 3.10. The fourth-order valence-corrected chi connectivity index (χ4v) is 2.32. The zero-order chi connectivity index (χ0) is 11.9. The lowest BCUT2D eigenvalue weighted by Crippen LogP contribution is -1.98. The lowest BCUT2D eigenvalue weighted by molar-refractivity contribution is 0.0698. The molecule has 0 fully saturated rings. The Balaban J connectivity index is 2.94. The van der Waals surface area contributed by atoms with E-state index >= 15 is 0 Å². The summed E-state index contributed by atoms with van der Waals surface area (Å²) in [6, 6.07) is 3.64. The van der Waals surface area contributed by atoms with Gasteiger partial charge in [0, 0.05) is 5.69 Å². The summed E-state index contributed by atoms with van der Waals surface area (Å²) in [6.45, 7) is 1.73. The molecule has 16 heavy (non-hydrogen) atoms. The van der Waals surface area contributed by atoms with Gasteiger partial charge in [-0.3, -0.25) is 0 Å². The topological polar surface area (TPSA) is 62.3 Å². The van der Waals surface area contributed by atoms with Crippen LogP contribution in [0.4, 0.5) is 0 Å². The number of hydrogen-bond acceptors (Lipinski definition) is 2. The van der Waals surface area contributed by atoms with Gasteiger partial charge in [-0.1, -0.05) is 0 Å². The second kappa shape index (κ2) is 3.83. The molecule has 0 atom stereocenters. The van der Waals surface area contributed by atoms with Gasteiger partial charge in [-0.05, 0) is 35.0 Å². The number of aryl methyl sites for hydroxylation is 1. The third-order valence-electron chi connectivity index (χ3n) is 2.47. The highest BCUT2D eigenvalue weighted by Gasteiger charge is 2.19. The van der Waals surface area contributed by atoms with Crippen LogP contribution < -0.4 is 4.74 Å². The number of carboxylic acid groups (broad SMARTS) is 1. The Hall–Kier alpha value is -1.49. The Kier molecular flexibility index (Phi) is 2.63. The van der Waals surface area contributed by atoms with Crippen molar-refractivity contribution >= 4 is 32.8 Å². The number of carbonyl (C=O) groups is 1. The summed E-state index contributed by atoms with van der Waals surface area (Å²) in [5.41, 5.74) is 1.64. The van der Waals surface area contributed by atoms with Crippen LogP contribution in [0.1, 0.15) is 16.1 Å². The van der Waals surface area contributed by atoms with Crippen LogP contribution in [0, 0.1) is 6.92 Å². The van der Waals surface area contributed by atoms with Crippen LogP contribution in [0.2, 0.25) is 0 Å². The Morgan fingerprint density at radius 1 is 1.50 bits per heavy atom. The second-order valence-electron chi connectivity index (χ2n) is 3.43. The molecule has 0 saturated carbocycles. The van der Waals surface area contributed by atoms with Crippen LogP contribution >= 0.6 is 15.9 Å². The van der Waals surface area contributed by atoms with E-state index in [0.29, 0.717) is 16.8 Å². The zero-order valence-electron chi connectivity index (χ0n) is 8.80. The van der Waals surface area contributed by atoms with Gasteiger partial charge in [0.25, 0.3) is 0 Å². The molecule has 0 aliphatic carbocycles. The van der Waals surface area contributed by atoms with Crippen molar-refractivity contribution in [3.05, 3.63) is 27.9 Å². The van der Waals surface area contributed by atoms with Gasteiger partial charge in [0.2, 0.25) is 0 Å². The van der Waals surface area contributed by atoms with Crippen molar-refractivity contribution in [1.29, 1.82) is 0 Å². The maximum Gasteiger partial charge on any atom is 0.338 e. The lowest BCUT2D eigenvalue weighted by atomic mass is 10.1. The Morgan fingerprint density at radius 2 is 2.19 bits per heavy atom. The normalized spacial score (nSPS) is 10.7. The van der Waals surface area contributed by atoms with E-state index in [2.05, 4.69) is 20.9 Å². The number of nitrogens with one attached hydrogen (secondary N) is 1. The summed E-state index contributed by atoms with van der Waals surface area (Å²) >= 11 is 3.34. The van der Waals surface area contributed by atoms with Gasteiger partial charge in [0.1, 0.15) is 5.75 Å². The monoisotopic (exact) mass is 283 g/mol. The largest absolute Gasteiger partial charge is 0.495 e. The summed E-state index contributed by atoms with van der Waals surface area (Å²) in [4.78, 5) is 14.2. The molecule has 0 aliphatic rings. The quantitative estimate of drug-likeness (QED) is 0.891. The molecule has 1 heterocycles. The van der Waals surface area contributed by atoms with Crippen LogP contribution in [0.25, 0.3) is 10.9 Å². The molecule has 2 aromatic rings. The number of methoxy groups -OCH3 is 1. The summed E-state index contributed by atoms with van der Waals surface area (Å²) in [5, 5.41) is 9.77. The molecule has 2 N–H and O–H groups in total. The van der Waals surface area contributed by atoms with Crippen molar-refractivity contribution in [2.75, 3.05) is 7.11 Å². The second-order valence-corrected chi connectivity index (χ2v) is 4.29. The minimum absolute atomic E-state index is 0.258. The first-order valence-corrected chi connectivity index (χ1v) is 5.43. The Labute approximate surface area is 100 Å². The maximum atomic E-state index is 11.2. The molecule has 0 saturated heterocycles. The van der Waals surface area contributed by atoms with Crippen LogP contribution in [0.5, 0.6) is 5.75 Å². The first-order chi connectivity index (χ1) is 7.56. The van der Waals surface area contributed by atoms with E-state index in [1.807, 2.05) is 12.1 Å². The van der Waals surface area contributed by atoms with Gasteiger partial charge >= 0.3 is 5.97 Å². The van der Waals surface area contributed by atoms with Gasteiger partial charge in [-0.15, -0.1) is 0 Å². The summed E-state index contributed by atoms with van der Waals surface area (Å²) in [6.07, 6.45) is 0. The molecule has 0 bridgehead atoms. The smallest absolute Gasteiger partial charge is 0.338 e. The average Bonchev–Trinajstić information content (AvgIpc) is 2.54. The molecule has 0 unspecified atom stereocenters. The zero-order valence-corrected chi connectivity index (χ0v) is 10.4. The van der Waals surface area contributed by atoms with Gasteiger partial charge in [0.05, 0.1) is 28.0 Å². The molecule has 1 aromatic carbocycles. The first kappa shape index (κ1) is 11.0. The molecular weight excluding hydrogens is 274 g/mol. The fourth-order valence-electron chi connectivity index (χ4n) is 1.83. The molecule has 0 spiro atoms. The molecule has 5 heteroatoms. The van der Waals surface area contributed by atoms with E-state index in [-0.39, 0.29) is 5.56 Å². The molecule has 84 valence electrons. The SMILES string of the molecule is COc1c(Br)ccc2[nH]c(C)c(C(=O)O)c12. The van der Waals surface area contributed by atoms with Crippen LogP contribution in [0.15, 0.2) is 16.6 Å². The third kappa shape index (κ3) is 1.48. The number of aromatic amines is 1. The number of aromatic carboxylic acids is 1. The van der Waals surface area contributed by atoms with Gasteiger partial charge in [-0.2, -0.15) is 0 Å². The molecular formula is C11H10BrNO3. The number of benzene rings is 1.